The Bertz CT molecular complexity index is 629. The van der Waals surface area contributed by atoms with Gasteiger partial charge >= 0.3 is 0 Å². The predicted octanol–water partition coefficient (Wildman–Crippen LogP) is 0.850. The summed E-state index contributed by atoms with van der Waals surface area (Å²) < 4.78 is 22.7. The van der Waals surface area contributed by atoms with E-state index in [1.165, 1.54) is 24.5 Å². The molecule has 0 fully saturated rings. The first-order valence-corrected chi connectivity index (χ1v) is 6.51. The van der Waals surface area contributed by atoms with E-state index in [0.717, 1.165) is 11.3 Å². The molecule has 0 atom stereocenters. The summed E-state index contributed by atoms with van der Waals surface area (Å²) in [4.78, 5) is 12.9. The largest absolute Gasteiger partial charge is 0.312 e. The maximum absolute atomic E-state index is 11.4. The van der Waals surface area contributed by atoms with Gasteiger partial charge in [-0.1, -0.05) is 0 Å². The van der Waals surface area contributed by atoms with Crippen LogP contribution in [0, 0.1) is 10.7 Å². The fourth-order valence-corrected chi connectivity index (χ4v) is 2.58. The maximum Gasteiger partial charge on any atom is 0.269 e. The van der Waals surface area contributed by atoms with Crippen LogP contribution < -0.4 is 4.90 Å². The van der Waals surface area contributed by atoms with Crippen molar-refractivity contribution in [3.8, 4) is 5.40 Å². The molecule has 2 rings (SSSR count). The Morgan fingerprint density at radius 3 is 2.76 bits per heavy atom. The highest BCUT2D eigenvalue weighted by atomic mass is 32.2. The number of hydrogen-bond donors (Lipinski definition) is 0. The molecule has 1 aliphatic heterocycles. The van der Waals surface area contributed by atoms with Gasteiger partial charge in [-0.3, -0.25) is 4.79 Å². The van der Waals surface area contributed by atoms with Crippen molar-refractivity contribution in [1.29, 1.82) is 5.26 Å². The van der Waals surface area contributed by atoms with Gasteiger partial charge in [0.1, 0.15) is 0 Å². The number of carbonyl (C=O) groups excluding carboxylic acids is 1. The Kier molecular flexibility index (Phi) is 2.63. The van der Waals surface area contributed by atoms with Crippen molar-refractivity contribution in [2.24, 2.45) is 0 Å². The van der Waals surface area contributed by atoms with Gasteiger partial charge in [-0.05, 0) is 30.2 Å². The summed E-state index contributed by atoms with van der Waals surface area (Å²) in [5.74, 6) is -0.0698. The average Bonchev–Trinajstić information content (AvgIpc) is 2.71. The second-order valence-corrected chi connectivity index (χ2v) is 5.47. The van der Waals surface area contributed by atoms with Gasteiger partial charge in [-0.25, -0.2) is 8.42 Å². The zero-order valence-corrected chi connectivity index (χ0v) is 9.99. The molecule has 0 saturated heterocycles. The third kappa shape index (κ3) is 1.89. The van der Waals surface area contributed by atoms with E-state index in [9.17, 15) is 13.2 Å². The van der Waals surface area contributed by atoms with Crippen LogP contribution >= 0.6 is 0 Å². The van der Waals surface area contributed by atoms with Crippen LogP contribution in [0.3, 0.4) is 0 Å². The summed E-state index contributed by atoms with van der Waals surface area (Å²) >= 11 is 0. The van der Waals surface area contributed by atoms with Gasteiger partial charge in [0.25, 0.3) is 9.84 Å². The number of carbonyl (C=O) groups is 1. The molecule has 88 valence electrons. The first-order chi connectivity index (χ1) is 7.95. The molecule has 0 radical (unpaired) electrons. The number of amides is 1. The molecule has 0 spiro atoms. The van der Waals surface area contributed by atoms with Crippen LogP contribution in [0.4, 0.5) is 5.69 Å². The van der Waals surface area contributed by atoms with Crippen molar-refractivity contribution in [2.45, 2.75) is 18.2 Å². The second kappa shape index (κ2) is 3.86. The van der Waals surface area contributed by atoms with Crippen molar-refractivity contribution in [3.63, 3.8) is 0 Å². The number of fused-ring (bicyclic) bond motifs is 1. The van der Waals surface area contributed by atoms with Crippen LogP contribution in [-0.2, 0) is 21.1 Å². The Labute approximate surface area is 99.2 Å². The van der Waals surface area contributed by atoms with Gasteiger partial charge < -0.3 is 4.90 Å². The zero-order chi connectivity index (χ0) is 12.6. The molecule has 17 heavy (non-hydrogen) atoms. The highest BCUT2D eigenvalue weighted by molar-refractivity contribution is 7.95. The number of sulfone groups is 1. The van der Waals surface area contributed by atoms with E-state index in [1.807, 2.05) is 0 Å². The van der Waals surface area contributed by atoms with E-state index in [4.69, 9.17) is 5.26 Å². The quantitative estimate of drug-likeness (QED) is 0.547. The van der Waals surface area contributed by atoms with E-state index in [0.29, 0.717) is 13.0 Å². The van der Waals surface area contributed by atoms with Crippen LogP contribution in [0.2, 0.25) is 0 Å². The molecule has 1 aromatic carbocycles. The first kappa shape index (κ1) is 11.6. The molecule has 0 bridgehead atoms. The lowest BCUT2D eigenvalue weighted by Crippen LogP contribution is -2.25. The lowest BCUT2D eigenvalue weighted by molar-refractivity contribution is -0.116. The number of hydrogen-bond acceptors (Lipinski definition) is 4. The lowest BCUT2D eigenvalue weighted by Gasteiger charge is -2.14. The van der Waals surface area contributed by atoms with Gasteiger partial charge in [-0.2, -0.15) is 5.26 Å². The highest BCUT2D eigenvalue weighted by Crippen LogP contribution is 2.30. The van der Waals surface area contributed by atoms with Crippen LogP contribution in [0.25, 0.3) is 0 Å². The van der Waals surface area contributed by atoms with E-state index in [1.54, 1.807) is 11.0 Å². The number of benzene rings is 1. The van der Waals surface area contributed by atoms with Gasteiger partial charge in [0.2, 0.25) is 5.91 Å². The highest BCUT2D eigenvalue weighted by Gasteiger charge is 2.24. The van der Waals surface area contributed by atoms with Crippen molar-refractivity contribution < 1.29 is 13.2 Å². The molecule has 0 aromatic heterocycles. The zero-order valence-electron chi connectivity index (χ0n) is 9.17. The predicted molar refractivity (Wildman–Crippen MR) is 61.0 cm³/mol. The topological polar surface area (TPSA) is 78.2 Å². The molecule has 0 saturated carbocycles. The van der Waals surface area contributed by atoms with E-state index in [2.05, 4.69) is 0 Å². The molecule has 5 nitrogen and oxygen atoms in total. The Hall–Kier alpha value is -1.87. The second-order valence-electron chi connectivity index (χ2n) is 3.81. The summed E-state index contributed by atoms with van der Waals surface area (Å²) in [6.07, 6.45) is 0.615. The van der Waals surface area contributed by atoms with Crippen LogP contribution in [0.15, 0.2) is 23.1 Å². The van der Waals surface area contributed by atoms with E-state index < -0.39 is 9.84 Å². The van der Waals surface area contributed by atoms with E-state index in [-0.39, 0.29) is 10.8 Å². The average molecular weight is 250 g/mol. The lowest BCUT2D eigenvalue weighted by atomic mass is 10.2. The SMILES string of the molecule is CC(=O)N1CCc2cc(S(=O)(=O)C#N)ccc21. The minimum absolute atomic E-state index is 0.0100. The van der Waals surface area contributed by atoms with Crippen LogP contribution in [0.5, 0.6) is 0 Å². The van der Waals surface area contributed by atoms with Gasteiger partial charge in [-0.15, -0.1) is 0 Å². The van der Waals surface area contributed by atoms with Crippen LogP contribution in [0.1, 0.15) is 12.5 Å². The van der Waals surface area contributed by atoms with Crippen molar-refractivity contribution >= 4 is 21.4 Å². The van der Waals surface area contributed by atoms with Crippen molar-refractivity contribution in [2.75, 3.05) is 11.4 Å². The number of rotatable bonds is 1. The normalized spacial score (nSPS) is 14.2. The minimum atomic E-state index is -3.86. The Morgan fingerprint density at radius 1 is 1.47 bits per heavy atom. The molecule has 1 aromatic rings. The number of nitriles is 1. The fraction of sp³-hybridized carbons (Fsp3) is 0.273. The number of anilines is 1. The van der Waals surface area contributed by atoms with Crippen LogP contribution in [-0.4, -0.2) is 20.9 Å². The fourth-order valence-electron chi connectivity index (χ4n) is 1.93. The van der Waals surface area contributed by atoms with E-state index >= 15 is 0 Å². The van der Waals surface area contributed by atoms with Gasteiger partial charge in [0.15, 0.2) is 5.40 Å². The molecular weight excluding hydrogens is 240 g/mol. The molecule has 1 heterocycles. The van der Waals surface area contributed by atoms with Gasteiger partial charge in [0, 0.05) is 19.2 Å². The molecular formula is C11H10N2O3S. The Balaban J connectivity index is 2.50. The molecule has 0 aliphatic carbocycles. The number of thiocyanates is 1. The third-order valence-corrected chi connectivity index (χ3v) is 3.87. The Morgan fingerprint density at radius 2 is 2.18 bits per heavy atom. The maximum atomic E-state index is 11.4. The summed E-state index contributed by atoms with van der Waals surface area (Å²) in [6, 6.07) is 4.41. The summed E-state index contributed by atoms with van der Waals surface area (Å²) in [7, 11) is -3.86. The molecule has 1 amide bonds. The third-order valence-electron chi connectivity index (χ3n) is 2.76. The summed E-state index contributed by atoms with van der Waals surface area (Å²) in [6.45, 7) is 2.02. The molecule has 0 N–H and O–H groups in total. The molecule has 0 unspecified atom stereocenters. The summed E-state index contributed by atoms with van der Waals surface area (Å²) in [5, 5.41) is 9.81. The monoisotopic (exact) mass is 250 g/mol. The van der Waals surface area contributed by atoms with Gasteiger partial charge in [0.05, 0.1) is 4.90 Å². The first-order valence-electron chi connectivity index (χ1n) is 5.02. The summed E-state index contributed by atoms with van der Waals surface area (Å²) in [5.41, 5.74) is 1.52. The molecule has 6 heteroatoms. The standard InChI is InChI=1S/C11H10N2O3S/c1-8(14)13-5-4-9-6-10(2-3-11(9)13)17(15,16)7-12/h2-3,6H,4-5H2,1H3. The smallest absolute Gasteiger partial charge is 0.269 e. The van der Waals surface area contributed by atoms with Crippen molar-refractivity contribution in [3.05, 3.63) is 23.8 Å². The minimum Gasteiger partial charge on any atom is -0.312 e. The van der Waals surface area contributed by atoms with Crippen molar-refractivity contribution in [1.82, 2.24) is 0 Å². The molecule has 1 aliphatic rings. The number of nitrogens with zero attached hydrogens (tertiary/aromatic N) is 2.